The van der Waals surface area contributed by atoms with Crippen LogP contribution in [0.5, 0.6) is 0 Å². The van der Waals surface area contributed by atoms with Gasteiger partial charge in [0.05, 0.1) is 22.8 Å². The third-order valence-corrected chi connectivity index (χ3v) is 2.90. The molecule has 1 aromatic carbocycles. The average molecular weight is 303 g/mol. The second kappa shape index (κ2) is 5.88. The molecule has 0 amide bonds. The van der Waals surface area contributed by atoms with Crippen LogP contribution < -0.4 is 0 Å². The van der Waals surface area contributed by atoms with Crippen molar-refractivity contribution < 1.29 is 9.53 Å². The smallest absolute Gasteiger partial charge is 0.339 e. The molecule has 0 spiro atoms. The molecule has 0 aliphatic heterocycles. The molecular formula is C11H9BrClNO2. The van der Waals surface area contributed by atoms with Gasteiger partial charge in [0.25, 0.3) is 0 Å². The maximum Gasteiger partial charge on any atom is 0.339 e. The number of halogens is 2. The van der Waals surface area contributed by atoms with Crippen molar-refractivity contribution in [3.63, 3.8) is 0 Å². The molecule has 0 atom stereocenters. The van der Waals surface area contributed by atoms with Crippen LogP contribution in [0.15, 0.2) is 12.1 Å². The molecule has 0 aliphatic carbocycles. The molecule has 5 heteroatoms. The Bertz CT molecular complexity index is 454. The molecule has 0 aromatic heterocycles. The molecule has 0 unspecified atom stereocenters. The molecule has 0 aliphatic rings. The van der Waals surface area contributed by atoms with Crippen molar-refractivity contribution in [3.8, 4) is 6.07 Å². The van der Waals surface area contributed by atoms with Gasteiger partial charge in [-0.3, -0.25) is 0 Å². The summed E-state index contributed by atoms with van der Waals surface area (Å²) in [5.74, 6) is -0.518. The molecule has 0 N–H and O–H groups in total. The number of carbonyl (C=O) groups excluding carboxylic acids is 1. The zero-order valence-electron chi connectivity index (χ0n) is 8.59. The third kappa shape index (κ3) is 2.55. The number of alkyl halides is 1. The van der Waals surface area contributed by atoms with Gasteiger partial charge in [-0.25, -0.2) is 4.79 Å². The molecule has 0 saturated heterocycles. The van der Waals surface area contributed by atoms with Gasteiger partial charge in [-0.15, -0.1) is 0 Å². The number of benzene rings is 1. The zero-order chi connectivity index (χ0) is 12.1. The summed E-state index contributed by atoms with van der Waals surface area (Å²) in [6.07, 6.45) is 0. The van der Waals surface area contributed by atoms with Gasteiger partial charge in [0.1, 0.15) is 6.07 Å². The predicted molar refractivity (Wildman–Crippen MR) is 64.8 cm³/mol. The first-order valence-electron chi connectivity index (χ1n) is 4.60. The lowest BCUT2D eigenvalue weighted by molar-refractivity contribution is 0.0525. The summed E-state index contributed by atoms with van der Waals surface area (Å²) in [5, 5.41) is 9.70. The predicted octanol–water partition coefficient (Wildman–Crippen LogP) is 3.28. The molecule has 16 heavy (non-hydrogen) atoms. The highest BCUT2D eigenvalue weighted by atomic mass is 79.9. The van der Waals surface area contributed by atoms with Crippen LogP contribution in [0.2, 0.25) is 5.02 Å². The number of nitrogens with zero attached hydrogens (tertiary/aromatic N) is 1. The second-order valence-corrected chi connectivity index (χ2v) is 3.89. The Kier molecular flexibility index (Phi) is 4.78. The van der Waals surface area contributed by atoms with Crippen molar-refractivity contribution in [1.82, 2.24) is 0 Å². The fourth-order valence-electron chi connectivity index (χ4n) is 1.28. The lowest BCUT2D eigenvalue weighted by Crippen LogP contribution is -2.10. The molecule has 84 valence electrons. The molecule has 0 heterocycles. The fourth-order valence-corrected chi connectivity index (χ4v) is 1.94. The maximum absolute atomic E-state index is 11.7. The van der Waals surface area contributed by atoms with Gasteiger partial charge in [0.15, 0.2) is 0 Å². The SMILES string of the molecule is CCOC(=O)c1c(CBr)ccc(Cl)c1C#N. The minimum atomic E-state index is -0.518. The topological polar surface area (TPSA) is 50.1 Å². The minimum Gasteiger partial charge on any atom is -0.462 e. The van der Waals surface area contributed by atoms with E-state index in [1.54, 1.807) is 19.1 Å². The number of ether oxygens (including phenoxy) is 1. The Morgan fingerprint density at radius 1 is 1.62 bits per heavy atom. The summed E-state index contributed by atoms with van der Waals surface area (Å²) in [6.45, 7) is 1.97. The van der Waals surface area contributed by atoms with E-state index in [-0.39, 0.29) is 22.8 Å². The van der Waals surface area contributed by atoms with Crippen LogP contribution in [0.3, 0.4) is 0 Å². The van der Waals surface area contributed by atoms with E-state index in [1.807, 2.05) is 6.07 Å². The second-order valence-electron chi connectivity index (χ2n) is 2.92. The lowest BCUT2D eigenvalue weighted by atomic mass is 10.0. The van der Waals surface area contributed by atoms with E-state index in [2.05, 4.69) is 15.9 Å². The molecule has 0 saturated carbocycles. The quantitative estimate of drug-likeness (QED) is 0.636. The molecule has 0 bridgehead atoms. The van der Waals surface area contributed by atoms with Crippen LogP contribution >= 0.6 is 27.5 Å². The number of esters is 1. The van der Waals surface area contributed by atoms with Crippen molar-refractivity contribution in [3.05, 3.63) is 33.8 Å². The van der Waals surface area contributed by atoms with Gasteiger partial charge in [-0.05, 0) is 18.6 Å². The Morgan fingerprint density at radius 3 is 2.81 bits per heavy atom. The van der Waals surface area contributed by atoms with Crippen molar-refractivity contribution in [2.45, 2.75) is 12.3 Å². The number of hydrogen-bond acceptors (Lipinski definition) is 3. The Morgan fingerprint density at radius 2 is 2.31 bits per heavy atom. The van der Waals surface area contributed by atoms with E-state index >= 15 is 0 Å². The summed E-state index contributed by atoms with van der Waals surface area (Å²) < 4.78 is 4.90. The van der Waals surface area contributed by atoms with Gasteiger partial charge >= 0.3 is 5.97 Å². The number of rotatable bonds is 3. The lowest BCUT2D eigenvalue weighted by Gasteiger charge is -2.09. The highest BCUT2D eigenvalue weighted by molar-refractivity contribution is 9.08. The average Bonchev–Trinajstić information content (AvgIpc) is 2.28. The van der Waals surface area contributed by atoms with Gasteiger partial charge in [0.2, 0.25) is 0 Å². The highest BCUT2D eigenvalue weighted by Crippen LogP contribution is 2.25. The van der Waals surface area contributed by atoms with E-state index in [1.165, 1.54) is 0 Å². The van der Waals surface area contributed by atoms with Crippen LogP contribution in [0, 0.1) is 11.3 Å². The van der Waals surface area contributed by atoms with E-state index in [4.69, 9.17) is 21.6 Å². The summed E-state index contributed by atoms with van der Waals surface area (Å²) >= 11 is 9.11. The molecular weight excluding hydrogens is 293 g/mol. The Hall–Kier alpha value is -1.05. The highest BCUT2D eigenvalue weighted by Gasteiger charge is 2.19. The standard InChI is InChI=1S/C11H9BrClNO2/c1-2-16-11(15)10-7(5-12)3-4-9(13)8(10)6-14/h3-4H,2,5H2,1H3. The van der Waals surface area contributed by atoms with Crippen molar-refractivity contribution >= 4 is 33.5 Å². The molecule has 1 rings (SSSR count). The van der Waals surface area contributed by atoms with Crippen LogP contribution in [0.25, 0.3) is 0 Å². The molecule has 1 aromatic rings. The summed E-state index contributed by atoms with van der Waals surface area (Å²) in [7, 11) is 0. The van der Waals surface area contributed by atoms with Gasteiger partial charge < -0.3 is 4.74 Å². The first-order valence-corrected chi connectivity index (χ1v) is 6.10. The normalized spacial score (nSPS) is 9.62. The monoisotopic (exact) mass is 301 g/mol. The minimum absolute atomic E-state index is 0.164. The molecule has 0 radical (unpaired) electrons. The summed E-state index contributed by atoms with van der Waals surface area (Å²) in [4.78, 5) is 11.7. The molecule has 0 fully saturated rings. The van der Waals surface area contributed by atoms with Crippen molar-refractivity contribution in [1.29, 1.82) is 5.26 Å². The van der Waals surface area contributed by atoms with Gasteiger partial charge in [0, 0.05) is 5.33 Å². The zero-order valence-corrected chi connectivity index (χ0v) is 10.9. The third-order valence-electron chi connectivity index (χ3n) is 1.98. The van der Waals surface area contributed by atoms with Crippen LogP contribution in [-0.2, 0) is 10.1 Å². The Balaban J connectivity index is 3.37. The first kappa shape index (κ1) is 13.0. The largest absolute Gasteiger partial charge is 0.462 e. The van der Waals surface area contributed by atoms with E-state index in [9.17, 15) is 4.79 Å². The number of nitriles is 1. The number of carbonyl (C=O) groups is 1. The van der Waals surface area contributed by atoms with Gasteiger partial charge in [-0.1, -0.05) is 33.6 Å². The van der Waals surface area contributed by atoms with Crippen LogP contribution in [0.4, 0.5) is 0 Å². The summed E-state index contributed by atoms with van der Waals surface area (Å²) in [5.41, 5.74) is 1.10. The van der Waals surface area contributed by atoms with Gasteiger partial charge in [-0.2, -0.15) is 5.26 Å². The van der Waals surface area contributed by atoms with E-state index < -0.39 is 5.97 Å². The summed E-state index contributed by atoms with van der Waals surface area (Å²) in [6, 6.07) is 5.22. The van der Waals surface area contributed by atoms with Crippen LogP contribution in [-0.4, -0.2) is 12.6 Å². The van der Waals surface area contributed by atoms with Crippen molar-refractivity contribution in [2.24, 2.45) is 0 Å². The molecule has 3 nitrogen and oxygen atoms in total. The van der Waals surface area contributed by atoms with Crippen LogP contribution in [0.1, 0.15) is 28.4 Å². The first-order chi connectivity index (χ1) is 7.65. The Labute approximate surface area is 107 Å². The van der Waals surface area contributed by atoms with Crippen molar-refractivity contribution in [2.75, 3.05) is 6.61 Å². The van der Waals surface area contributed by atoms with E-state index in [0.29, 0.717) is 10.9 Å². The maximum atomic E-state index is 11.7. The number of hydrogen-bond donors (Lipinski definition) is 0. The fraction of sp³-hybridized carbons (Fsp3) is 0.273. The van der Waals surface area contributed by atoms with E-state index in [0.717, 1.165) is 0 Å².